The Labute approximate surface area is 133 Å². The van der Waals surface area contributed by atoms with Gasteiger partial charge in [-0.1, -0.05) is 17.3 Å². The van der Waals surface area contributed by atoms with Crippen LogP contribution in [0.15, 0.2) is 29.4 Å². The van der Waals surface area contributed by atoms with E-state index >= 15 is 0 Å². The van der Waals surface area contributed by atoms with Crippen molar-refractivity contribution < 1.29 is 18.8 Å². The second kappa shape index (κ2) is 6.76. The van der Waals surface area contributed by atoms with Gasteiger partial charge < -0.3 is 15.1 Å². The number of likely N-dealkylation sites (tertiary alicyclic amines) is 1. The molecule has 1 N–H and O–H groups in total. The molecule has 1 aromatic rings. The minimum atomic E-state index is -0.778. The Morgan fingerprint density at radius 3 is 2.87 bits per heavy atom. The molecule has 2 aliphatic heterocycles. The first-order valence-electron chi connectivity index (χ1n) is 7.67. The lowest BCUT2D eigenvalue weighted by atomic mass is 10.0. The molecule has 0 unspecified atom stereocenters. The lowest BCUT2D eigenvalue weighted by molar-refractivity contribution is -0.136. The Bertz CT molecular complexity index is 641. The van der Waals surface area contributed by atoms with Crippen LogP contribution >= 0.6 is 0 Å². The van der Waals surface area contributed by atoms with Gasteiger partial charge in [-0.25, -0.2) is 4.39 Å². The Balaban J connectivity index is 1.49. The molecule has 1 aromatic carbocycles. The molecule has 2 amide bonds. The Hall–Kier alpha value is -2.44. The quantitative estimate of drug-likeness (QED) is 0.902. The highest BCUT2D eigenvalue weighted by molar-refractivity contribution is 6.04. The zero-order valence-corrected chi connectivity index (χ0v) is 12.6. The Morgan fingerprint density at radius 2 is 2.13 bits per heavy atom. The molecule has 0 aromatic heterocycles. The van der Waals surface area contributed by atoms with E-state index in [-0.39, 0.29) is 30.6 Å². The van der Waals surface area contributed by atoms with E-state index in [0.29, 0.717) is 11.3 Å². The van der Waals surface area contributed by atoms with E-state index in [0.717, 1.165) is 25.9 Å². The highest BCUT2D eigenvalue weighted by Crippen LogP contribution is 2.17. The molecule has 7 heteroatoms. The summed E-state index contributed by atoms with van der Waals surface area (Å²) in [6.45, 7) is 1.47. The molecule has 2 heterocycles. The van der Waals surface area contributed by atoms with Crippen molar-refractivity contribution in [3.63, 3.8) is 0 Å². The summed E-state index contributed by atoms with van der Waals surface area (Å²) in [6.07, 6.45) is 1.50. The van der Waals surface area contributed by atoms with Crippen molar-refractivity contribution in [1.29, 1.82) is 0 Å². The van der Waals surface area contributed by atoms with E-state index in [1.807, 2.05) is 0 Å². The summed E-state index contributed by atoms with van der Waals surface area (Å²) >= 11 is 0. The van der Waals surface area contributed by atoms with Crippen LogP contribution in [0.25, 0.3) is 0 Å². The van der Waals surface area contributed by atoms with Crippen molar-refractivity contribution in [3.05, 3.63) is 35.6 Å². The smallest absolute Gasteiger partial charge is 0.264 e. The number of hydrogen-bond donors (Lipinski definition) is 1. The maximum atomic E-state index is 13.2. The SMILES string of the molecule is O=C(NCC(=O)N1CCCC1)[C@H]1CC(c2cccc(F)c2)=NO1. The fourth-order valence-corrected chi connectivity index (χ4v) is 2.71. The van der Waals surface area contributed by atoms with Crippen molar-refractivity contribution in [3.8, 4) is 0 Å². The summed E-state index contributed by atoms with van der Waals surface area (Å²) < 4.78 is 13.2. The summed E-state index contributed by atoms with van der Waals surface area (Å²) in [7, 11) is 0. The van der Waals surface area contributed by atoms with Crippen molar-refractivity contribution in [2.75, 3.05) is 19.6 Å². The van der Waals surface area contributed by atoms with E-state index < -0.39 is 6.10 Å². The minimum Gasteiger partial charge on any atom is -0.382 e. The van der Waals surface area contributed by atoms with Gasteiger partial charge in [-0.05, 0) is 25.0 Å². The first-order valence-corrected chi connectivity index (χ1v) is 7.67. The lowest BCUT2D eigenvalue weighted by Crippen LogP contribution is -2.42. The van der Waals surface area contributed by atoms with Crippen LogP contribution in [0, 0.1) is 5.82 Å². The van der Waals surface area contributed by atoms with Crippen LogP contribution in [0.4, 0.5) is 4.39 Å². The number of oxime groups is 1. The number of benzene rings is 1. The van der Waals surface area contributed by atoms with Gasteiger partial charge in [0.15, 0.2) is 0 Å². The molecule has 122 valence electrons. The highest BCUT2D eigenvalue weighted by Gasteiger charge is 2.29. The third-order valence-electron chi connectivity index (χ3n) is 3.99. The van der Waals surface area contributed by atoms with Crippen LogP contribution in [0.3, 0.4) is 0 Å². The van der Waals surface area contributed by atoms with Crippen LogP contribution in [0.5, 0.6) is 0 Å². The molecule has 0 saturated carbocycles. The molecule has 1 fully saturated rings. The topological polar surface area (TPSA) is 71.0 Å². The molecule has 1 atom stereocenters. The maximum Gasteiger partial charge on any atom is 0.264 e. The summed E-state index contributed by atoms with van der Waals surface area (Å²) in [5.41, 5.74) is 1.11. The number of amides is 2. The van der Waals surface area contributed by atoms with Gasteiger partial charge in [0.2, 0.25) is 12.0 Å². The monoisotopic (exact) mass is 319 g/mol. The molecule has 23 heavy (non-hydrogen) atoms. The van der Waals surface area contributed by atoms with Crippen molar-refractivity contribution in [2.24, 2.45) is 5.16 Å². The fourth-order valence-electron chi connectivity index (χ4n) is 2.71. The lowest BCUT2D eigenvalue weighted by Gasteiger charge is -2.16. The number of rotatable bonds is 4. The Kier molecular flexibility index (Phi) is 4.55. The second-order valence-electron chi connectivity index (χ2n) is 5.65. The van der Waals surface area contributed by atoms with Crippen LogP contribution in [-0.4, -0.2) is 48.2 Å². The number of nitrogens with one attached hydrogen (secondary N) is 1. The van der Waals surface area contributed by atoms with Gasteiger partial charge in [-0.2, -0.15) is 0 Å². The normalized spacial score (nSPS) is 20.1. The number of carbonyl (C=O) groups excluding carboxylic acids is 2. The van der Waals surface area contributed by atoms with Gasteiger partial charge in [0.25, 0.3) is 5.91 Å². The van der Waals surface area contributed by atoms with Gasteiger partial charge >= 0.3 is 0 Å². The van der Waals surface area contributed by atoms with E-state index in [2.05, 4.69) is 10.5 Å². The summed E-state index contributed by atoms with van der Waals surface area (Å²) in [5, 5.41) is 6.43. The molecular formula is C16H18FN3O3. The van der Waals surface area contributed by atoms with Crippen LogP contribution in [-0.2, 0) is 14.4 Å². The second-order valence-corrected chi connectivity index (χ2v) is 5.65. The zero-order chi connectivity index (χ0) is 16.2. The number of halogens is 1. The van der Waals surface area contributed by atoms with Crippen LogP contribution in [0.1, 0.15) is 24.8 Å². The number of nitrogens with zero attached hydrogens (tertiary/aromatic N) is 2. The third-order valence-corrected chi connectivity index (χ3v) is 3.99. The Morgan fingerprint density at radius 1 is 1.35 bits per heavy atom. The van der Waals surface area contributed by atoms with Gasteiger partial charge in [0, 0.05) is 25.1 Å². The first kappa shape index (κ1) is 15.5. The van der Waals surface area contributed by atoms with E-state index in [9.17, 15) is 14.0 Å². The molecule has 0 bridgehead atoms. The van der Waals surface area contributed by atoms with Crippen molar-refractivity contribution in [2.45, 2.75) is 25.4 Å². The predicted octanol–water partition coefficient (Wildman–Crippen LogP) is 1.06. The molecule has 1 saturated heterocycles. The molecule has 2 aliphatic rings. The van der Waals surface area contributed by atoms with Crippen LogP contribution < -0.4 is 5.32 Å². The standard InChI is InChI=1S/C16H18FN3O3/c17-12-5-3-4-11(8-12)13-9-14(23-19-13)16(22)18-10-15(21)20-6-1-2-7-20/h3-5,8,14H,1-2,6-7,9-10H2,(H,18,22)/t14-/m1/s1. The van der Waals surface area contributed by atoms with Crippen molar-refractivity contribution >= 4 is 17.5 Å². The van der Waals surface area contributed by atoms with E-state index in [4.69, 9.17) is 4.84 Å². The van der Waals surface area contributed by atoms with E-state index in [1.54, 1.807) is 17.0 Å². The average Bonchev–Trinajstić information content (AvgIpc) is 3.23. The summed E-state index contributed by atoms with van der Waals surface area (Å²) in [4.78, 5) is 30.8. The fraction of sp³-hybridized carbons (Fsp3) is 0.438. The number of hydrogen-bond acceptors (Lipinski definition) is 4. The highest BCUT2D eigenvalue weighted by atomic mass is 19.1. The molecular weight excluding hydrogens is 301 g/mol. The summed E-state index contributed by atoms with van der Waals surface area (Å²) in [5.74, 6) is -0.831. The summed E-state index contributed by atoms with van der Waals surface area (Å²) in [6, 6.07) is 5.98. The predicted molar refractivity (Wildman–Crippen MR) is 81.3 cm³/mol. The molecule has 6 nitrogen and oxygen atoms in total. The minimum absolute atomic E-state index is 0.0337. The van der Waals surface area contributed by atoms with Gasteiger partial charge in [0.05, 0.1) is 12.3 Å². The van der Waals surface area contributed by atoms with Gasteiger partial charge in [-0.15, -0.1) is 0 Å². The van der Waals surface area contributed by atoms with E-state index in [1.165, 1.54) is 12.1 Å². The molecule has 0 radical (unpaired) electrons. The molecule has 0 spiro atoms. The molecule has 0 aliphatic carbocycles. The van der Waals surface area contributed by atoms with Gasteiger partial charge in [-0.3, -0.25) is 9.59 Å². The van der Waals surface area contributed by atoms with Crippen molar-refractivity contribution in [1.82, 2.24) is 10.2 Å². The van der Waals surface area contributed by atoms with Gasteiger partial charge in [0.1, 0.15) is 5.82 Å². The maximum absolute atomic E-state index is 13.2. The first-order chi connectivity index (χ1) is 11.1. The largest absolute Gasteiger partial charge is 0.382 e. The average molecular weight is 319 g/mol. The number of carbonyl (C=O) groups is 2. The zero-order valence-electron chi connectivity index (χ0n) is 12.6. The molecule has 3 rings (SSSR count). The van der Waals surface area contributed by atoms with Crippen LogP contribution in [0.2, 0.25) is 0 Å². The third kappa shape index (κ3) is 3.67.